The molecular formula is C15H17FN2O2S. The van der Waals surface area contributed by atoms with E-state index < -0.39 is 16.8 Å². The lowest BCUT2D eigenvalue weighted by Gasteiger charge is -2.28. The Labute approximate surface area is 126 Å². The minimum Gasteiger partial charge on any atom is -0.480 e. The van der Waals surface area contributed by atoms with Gasteiger partial charge >= 0.3 is 5.97 Å². The van der Waals surface area contributed by atoms with E-state index in [-0.39, 0.29) is 5.82 Å². The molecule has 0 unspecified atom stereocenters. The van der Waals surface area contributed by atoms with Gasteiger partial charge in [-0.2, -0.15) is 0 Å². The van der Waals surface area contributed by atoms with Gasteiger partial charge in [-0.15, -0.1) is 11.8 Å². The van der Waals surface area contributed by atoms with Crippen molar-refractivity contribution in [3.63, 3.8) is 0 Å². The fourth-order valence-corrected chi connectivity index (χ4v) is 3.00. The number of fused-ring (bicyclic) bond motifs is 1. The van der Waals surface area contributed by atoms with Gasteiger partial charge in [-0.3, -0.25) is 9.78 Å². The van der Waals surface area contributed by atoms with E-state index in [4.69, 9.17) is 10.8 Å². The normalized spacial score (nSPS) is 13.3. The minimum absolute atomic E-state index is 0.312. The second-order valence-corrected chi connectivity index (χ2v) is 6.94. The van der Waals surface area contributed by atoms with Gasteiger partial charge in [-0.1, -0.05) is 6.07 Å². The van der Waals surface area contributed by atoms with Crippen molar-refractivity contribution >= 4 is 28.6 Å². The Morgan fingerprint density at radius 3 is 2.86 bits per heavy atom. The zero-order valence-electron chi connectivity index (χ0n) is 11.8. The molecule has 1 heterocycles. The van der Waals surface area contributed by atoms with Gasteiger partial charge in [0, 0.05) is 22.1 Å². The number of pyridine rings is 1. The third kappa shape index (κ3) is 3.33. The van der Waals surface area contributed by atoms with Crippen LogP contribution in [0.25, 0.3) is 10.9 Å². The van der Waals surface area contributed by atoms with Gasteiger partial charge in [0.25, 0.3) is 0 Å². The number of hydrogen-bond acceptors (Lipinski definition) is 4. The van der Waals surface area contributed by atoms with Crippen molar-refractivity contribution in [3.8, 4) is 0 Å². The number of carboxylic acid groups (broad SMARTS) is 1. The first-order valence-electron chi connectivity index (χ1n) is 6.47. The Morgan fingerprint density at radius 2 is 2.19 bits per heavy atom. The number of aromatic nitrogens is 1. The number of aliphatic carboxylic acids is 1. The number of rotatable bonds is 5. The highest BCUT2D eigenvalue weighted by molar-refractivity contribution is 7.99. The summed E-state index contributed by atoms with van der Waals surface area (Å²) in [6, 6.07) is 5.48. The number of thioether (sulfide) groups is 1. The van der Waals surface area contributed by atoms with E-state index in [1.165, 1.54) is 17.8 Å². The van der Waals surface area contributed by atoms with Crippen LogP contribution in [0.5, 0.6) is 0 Å². The van der Waals surface area contributed by atoms with Crippen LogP contribution in [-0.2, 0) is 10.5 Å². The maximum atomic E-state index is 13.7. The minimum atomic E-state index is -1.03. The van der Waals surface area contributed by atoms with Crippen molar-refractivity contribution in [2.75, 3.05) is 0 Å². The van der Waals surface area contributed by atoms with Gasteiger partial charge in [0.2, 0.25) is 0 Å². The predicted molar refractivity (Wildman–Crippen MR) is 82.7 cm³/mol. The van der Waals surface area contributed by atoms with Gasteiger partial charge in [-0.05, 0) is 37.6 Å². The Hall–Kier alpha value is -1.66. The van der Waals surface area contributed by atoms with Gasteiger partial charge in [0.1, 0.15) is 11.9 Å². The summed E-state index contributed by atoms with van der Waals surface area (Å²) >= 11 is 1.42. The topological polar surface area (TPSA) is 76.2 Å². The molecule has 0 spiro atoms. The molecule has 4 nitrogen and oxygen atoms in total. The number of benzene rings is 1. The van der Waals surface area contributed by atoms with E-state index in [1.54, 1.807) is 38.2 Å². The molecule has 6 heteroatoms. The molecule has 2 rings (SSSR count). The van der Waals surface area contributed by atoms with E-state index in [1.807, 2.05) is 0 Å². The maximum absolute atomic E-state index is 13.7. The summed E-state index contributed by atoms with van der Waals surface area (Å²) in [5, 5.41) is 9.49. The largest absolute Gasteiger partial charge is 0.480 e. The van der Waals surface area contributed by atoms with Crippen molar-refractivity contribution in [2.45, 2.75) is 30.4 Å². The molecule has 3 N–H and O–H groups in total. The molecule has 0 aliphatic heterocycles. The first-order valence-corrected chi connectivity index (χ1v) is 7.46. The molecule has 0 bridgehead atoms. The zero-order chi connectivity index (χ0) is 15.6. The van der Waals surface area contributed by atoms with E-state index in [0.29, 0.717) is 16.7 Å². The van der Waals surface area contributed by atoms with Crippen molar-refractivity contribution in [1.29, 1.82) is 0 Å². The fourth-order valence-electron chi connectivity index (χ4n) is 1.96. The molecule has 0 aliphatic carbocycles. The number of carboxylic acids is 1. The fraction of sp³-hybridized carbons (Fsp3) is 0.333. The SMILES string of the molecule is CC(C)(SCc1ccc(F)c2cccnc12)[C@@H](N)C(=O)O. The number of carbonyl (C=O) groups is 1. The molecule has 0 fully saturated rings. The molecule has 0 radical (unpaired) electrons. The number of nitrogens with zero attached hydrogens (tertiary/aromatic N) is 1. The second-order valence-electron chi connectivity index (χ2n) is 5.31. The highest BCUT2D eigenvalue weighted by Gasteiger charge is 2.32. The van der Waals surface area contributed by atoms with Crippen LogP contribution in [0, 0.1) is 5.82 Å². The van der Waals surface area contributed by atoms with E-state index in [9.17, 15) is 9.18 Å². The van der Waals surface area contributed by atoms with Crippen LogP contribution < -0.4 is 5.73 Å². The molecular weight excluding hydrogens is 291 g/mol. The highest BCUT2D eigenvalue weighted by Crippen LogP contribution is 2.32. The molecule has 1 aromatic heterocycles. The summed E-state index contributed by atoms with van der Waals surface area (Å²) in [4.78, 5) is 15.2. The van der Waals surface area contributed by atoms with Crippen LogP contribution in [0.4, 0.5) is 4.39 Å². The molecule has 2 aromatic rings. The third-order valence-corrected chi connectivity index (χ3v) is 4.87. The van der Waals surface area contributed by atoms with E-state index in [0.717, 1.165) is 5.56 Å². The summed E-state index contributed by atoms with van der Waals surface area (Å²) < 4.78 is 13.1. The van der Waals surface area contributed by atoms with Gasteiger partial charge in [0.05, 0.1) is 5.52 Å². The number of halogens is 1. The molecule has 0 amide bonds. The third-order valence-electron chi connectivity index (χ3n) is 3.41. The first kappa shape index (κ1) is 15.7. The predicted octanol–water partition coefficient (Wildman–Crippen LogP) is 2.80. The molecule has 1 atom stereocenters. The summed E-state index contributed by atoms with van der Waals surface area (Å²) in [5.41, 5.74) is 7.16. The van der Waals surface area contributed by atoms with Crippen molar-refractivity contribution < 1.29 is 14.3 Å². The van der Waals surface area contributed by atoms with Crippen LogP contribution in [-0.4, -0.2) is 26.8 Å². The van der Waals surface area contributed by atoms with Crippen LogP contribution in [0.3, 0.4) is 0 Å². The highest BCUT2D eigenvalue weighted by atomic mass is 32.2. The molecule has 1 aromatic carbocycles. The van der Waals surface area contributed by atoms with Crippen molar-refractivity contribution in [2.24, 2.45) is 5.73 Å². The Kier molecular flexibility index (Phi) is 4.49. The summed E-state index contributed by atoms with van der Waals surface area (Å²) in [6.45, 7) is 3.57. The monoisotopic (exact) mass is 308 g/mol. The first-order chi connectivity index (χ1) is 9.83. The van der Waals surface area contributed by atoms with Crippen molar-refractivity contribution in [3.05, 3.63) is 41.8 Å². The van der Waals surface area contributed by atoms with E-state index in [2.05, 4.69) is 4.98 Å². The maximum Gasteiger partial charge on any atom is 0.321 e. The van der Waals surface area contributed by atoms with Gasteiger partial charge < -0.3 is 10.8 Å². The van der Waals surface area contributed by atoms with Gasteiger partial charge in [-0.25, -0.2) is 4.39 Å². The summed E-state index contributed by atoms with van der Waals surface area (Å²) in [5.74, 6) is -0.829. The Bertz CT molecular complexity index is 676. The molecule has 112 valence electrons. The second kappa shape index (κ2) is 5.99. The zero-order valence-corrected chi connectivity index (χ0v) is 12.7. The summed E-state index contributed by atoms with van der Waals surface area (Å²) in [7, 11) is 0. The standard InChI is InChI=1S/C15H17FN2O2S/c1-15(2,13(17)14(19)20)21-8-9-5-6-11(16)10-4-3-7-18-12(9)10/h3-7,13H,8,17H2,1-2H3,(H,19,20)/t13-/m0/s1. The van der Waals surface area contributed by atoms with Crippen LogP contribution in [0.2, 0.25) is 0 Å². The molecule has 0 saturated heterocycles. The number of nitrogens with two attached hydrogens (primary N) is 1. The smallest absolute Gasteiger partial charge is 0.321 e. The molecule has 0 aliphatic rings. The quantitative estimate of drug-likeness (QED) is 0.888. The average Bonchev–Trinajstić information content (AvgIpc) is 2.46. The lowest BCUT2D eigenvalue weighted by Crippen LogP contribution is -2.46. The van der Waals surface area contributed by atoms with Gasteiger partial charge in [0.15, 0.2) is 0 Å². The van der Waals surface area contributed by atoms with Crippen LogP contribution >= 0.6 is 11.8 Å². The van der Waals surface area contributed by atoms with E-state index >= 15 is 0 Å². The average molecular weight is 308 g/mol. The Morgan fingerprint density at radius 1 is 1.48 bits per heavy atom. The number of hydrogen-bond donors (Lipinski definition) is 2. The van der Waals surface area contributed by atoms with Crippen LogP contribution in [0.1, 0.15) is 19.4 Å². The van der Waals surface area contributed by atoms with Crippen molar-refractivity contribution in [1.82, 2.24) is 4.98 Å². The van der Waals surface area contributed by atoms with Crippen LogP contribution in [0.15, 0.2) is 30.5 Å². The lowest BCUT2D eigenvalue weighted by atomic mass is 10.1. The molecule has 21 heavy (non-hydrogen) atoms. The lowest BCUT2D eigenvalue weighted by molar-refractivity contribution is -0.139. The Balaban J connectivity index is 2.25. The molecule has 0 saturated carbocycles. The summed E-state index contributed by atoms with van der Waals surface area (Å²) in [6.07, 6.45) is 1.62.